The maximum absolute atomic E-state index is 12.1. The molecule has 1 aromatic rings. The van der Waals surface area contributed by atoms with Gasteiger partial charge in [0, 0.05) is 34.9 Å². The van der Waals surface area contributed by atoms with E-state index in [0.717, 1.165) is 18.4 Å². The molecule has 18 heavy (non-hydrogen) atoms. The number of benzene rings is 1. The van der Waals surface area contributed by atoms with Crippen molar-refractivity contribution in [1.82, 2.24) is 3.11 Å². The molecular weight excluding hydrogens is 341 g/mol. The van der Waals surface area contributed by atoms with E-state index in [1.807, 2.05) is 30.3 Å². The van der Waals surface area contributed by atoms with Gasteiger partial charge in [-0.05, 0) is 24.8 Å². The summed E-state index contributed by atoms with van der Waals surface area (Å²) in [6.45, 7) is 0.398. The van der Waals surface area contributed by atoms with Crippen molar-refractivity contribution in [3.05, 3.63) is 35.9 Å². The third-order valence-corrected chi connectivity index (χ3v) is 5.48. The van der Waals surface area contributed by atoms with Crippen molar-refractivity contribution in [2.75, 3.05) is 0 Å². The molecule has 0 N–H and O–H groups in total. The van der Waals surface area contributed by atoms with Gasteiger partial charge in [-0.25, -0.2) is 3.11 Å². The van der Waals surface area contributed by atoms with Gasteiger partial charge in [0.05, 0.1) is 5.92 Å². The summed E-state index contributed by atoms with van der Waals surface area (Å²) in [4.78, 5) is 12.1. The molecule has 0 saturated carbocycles. The molecule has 4 heteroatoms. The molecule has 0 radical (unpaired) electrons. The van der Waals surface area contributed by atoms with E-state index in [4.69, 9.17) is 4.74 Å². The van der Waals surface area contributed by atoms with Gasteiger partial charge in [0.15, 0.2) is 0 Å². The fourth-order valence-corrected chi connectivity index (χ4v) is 4.18. The monoisotopic (exact) mass is 357 g/mol. The number of nitrogens with zero attached hydrogens (tertiary/aromatic N) is 1. The molecule has 2 aliphatic rings. The SMILES string of the molecule is O=C(OCc1ccccc1)C1CC2CCC1N2I. The molecule has 1 aromatic carbocycles. The van der Waals surface area contributed by atoms with Gasteiger partial charge in [-0.3, -0.25) is 4.79 Å². The van der Waals surface area contributed by atoms with Crippen LogP contribution in [0.1, 0.15) is 24.8 Å². The first-order chi connectivity index (χ1) is 8.75. The number of halogens is 1. The van der Waals surface area contributed by atoms with Crippen LogP contribution >= 0.6 is 22.9 Å². The maximum atomic E-state index is 12.1. The van der Waals surface area contributed by atoms with E-state index < -0.39 is 0 Å². The Morgan fingerprint density at radius 3 is 2.72 bits per heavy atom. The maximum Gasteiger partial charge on any atom is 0.310 e. The predicted octanol–water partition coefficient (Wildman–Crippen LogP) is 2.93. The molecule has 2 saturated heterocycles. The van der Waals surface area contributed by atoms with E-state index in [1.54, 1.807) is 0 Å². The lowest BCUT2D eigenvalue weighted by molar-refractivity contribution is -0.150. The van der Waals surface area contributed by atoms with Crippen LogP contribution in [-0.4, -0.2) is 21.2 Å². The van der Waals surface area contributed by atoms with Gasteiger partial charge in [0.2, 0.25) is 0 Å². The van der Waals surface area contributed by atoms with Crippen LogP contribution < -0.4 is 0 Å². The standard InChI is InChI=1S/C14H16INO2/c15-16-11-6-7-13(16)12(8-11)14(17)18-9-10-4-2-1-3-5-10/h1-5,11-13H,6-9H2. The Bertz CT molecular complexity index is 437. The van der Waals surface area contributed by atoms with Gasteiger partial charge < -0.3 is 4.74 Å². The Labute approximate surface area is 121 Å². The lowest BCUT2D eigenvalue weighted by Crippen LogP contribution is -2.29. The largest absolute Gasteiger partial charge is 0.461 e. The topological polar surface area (TPSA) is 29.5 Å². The second kappa shape index (κ2) is 5.17. The molecule has 0 spiro atoms. The fraction of sp³-hybridized carbons (Fsp3) is 0.500. The highest BCUT2D eigenvalue weighted by atomic mass is 127. The van der Waals surface area contributed by atoms with Crippen LogP contribution in [0.4, 0.5) is 0 Å². The normalized spacial score (nSPS) is 30.6. The Morgan fingerprint density at radius 1 is 1.33 bits per heavy atom. The smallest absolute Gasteiger partial charge is 0.310 e. The summed E-state index contributed by atoms with van der Waals surface area (Å²) in [6, 6.07) is 10.9. The molecule has 3 unspecified atom stereocenters. The van der Waals surface area contributed by atoms with Crippen molar-refractivity contribution in [2.45, 2.75) is 38.0 Å². The molecule has 96 valence electrons. The van der Waals surface area contributed by atoms with Crippen LogP contribution in [0.5, 0.6) is 0 Å². The number of esters is 1. The van der Waals surface area contributed by atoms with Gasteiger partial charge in [-0.2, -0.15) is 0 Å². The highest BCUT2D eigenvalue weighted by molar-refractivity contribution is 14.1. The first kappa shape index (κ1) is 12.4. The van der Waals surface area contributed by atoms with Crippen molar-refractivity contribution in [3.8, 4) is 0 Å². The lowest BCUT2D eigenvalue weighted by atomic mass is 9.89. The Morgan fingerprint density at radius 2 is 2.11 bits per heavy atom. The minimum atomic E-state index is -0.0206. The van der Waals surface area contributed by atoms with Crippen molar-refractivity contribution < 1.29 is 9.53 Å². The van der Waals surface area contributed by atoms with Crippen LogP contribution in [0.15, 0.2) is 30.3 Å². The Hall–Kier alpha value is -0.620. The van der Waals surface area contributed by atoms with E-state index in [9.17, 15) is 4.79 Å². The number of carbonyl (C=O) groups excluding carboxylic acids is 1. The molecule has 0 aliphatic carbocycles. The molecule has 3 rings (SSSR count). The Kier molecular flexibility index (Phi) is 3.56. The van der Waals surface area contributed by atoms with Crippen molar-refractivity contribution in [2.24, 2.45) is 5.92 Å². The molecule has 2 fully saturated rings. The molecule has 0 amide bonds. The summed E-state index contributed by atoms with van der Waals surface area (Å²) in [5, 5.41) is 0. The highest BCUT2D eigenvalue weighted by Crippen LogP contribution is 2.44. The van der Waals surface area contributed by atoms with Crippen molar-refractivity contribution in [3.63, 3.8) is 0 Å². The first-order valence-corrected chi connectivity index (χ1v) is 7.37. The molecule has 2 bridgehead atoms. The van der Waals surface area contributed by atoms with Crippen LogP contribution in [0.2, 0.25) is 0 Å². The minimum absolute atomic E-state index is 0.0206. The number of fused-ring (bicyclic) bond motifs is 2. The number of carbonyl (C=O) groups is 1. The third kappa shape index (κ3) is 2.28. The molecular formula is C14H16INO2. The van der Waals surface area contributed by atoms with E-state index in [-0.39, 0.29) is 11.9 Å². The van der Waals surface area contributed by atoms with Gasteiger partial charge in [-0.1, -0.05) is 30.3 Å². The molecule has 2 heterocycles. The van der Waals surface area contributed by atoms with Crippen LogP contribution in [0, 0.1) is 5.92 Å². The van der Waals surface area contributed by atoms with E-state index in [2.05, 4.69) is 26.0 Å². The zero-order valence-electron chi connectivity index (χ0n) is 10.1. The summed E-state index contributed by atoms with van der Waals surface area (Å²) in [6.07, 6.45) is 3.34. The summed E-state index contributed by atoms with van der Waals surface area (Å²) in [5.41, 5.74) is 1.06. The number of rotatable bonds is 3. The van der Waals surface area contributed by atoms with E-state index >= 15 is 0 Å². The van der Waals surface area contributed by atoms with Crippen LogP contribution in [0.3, 0.4) is 0 Å². The molecule has 2 aliphatic heterocycles. The van der Waals surface area contributed by atoms with Crippen molar-refractivity contribution >= 4 is 28.8 Å². The average Bonchev–Trinajstić information content (AvgIpc) is 2.93. The van der Waals surface area contributed by atoms with Crippen LogP contribution in [-0.2, 0) is 16.1 Å². The lowest BCUT2D eigenvalue weighted by Gasteiger charge is -2.19. The van der Waals surface area contributed by atoms with Gasteiger partial charge in [0.1, 0.15) is 6.61 Å². The number of hydrogen-bond acceptors (Lipinski definition) is 3. The molecule has 0 aromatic heterocycles. The molecule has 3 nitrogen and oxygen atoms in total. The Balaban J connectivity index is 1.57. The zero-order chi connectivity index (χ0) is 12.5. The summed E-state index contributed by atoms with van der Waals surface area (Å²) in [5.74, 6) is 0.0667. The highest BCUT2D eigenvalue weighted by Gasteiger charge is 2.48. The van der Waals surface area contributed by atoms with E-state index in [1.165, 1.54) is 6.42 Å². The van der Waals surface area contributed by atoms with Crippen LogP contribution in [0.25, 0.3) is 0 Å². The number of ether oxygens (including phenoxy) is 1. The second-order valence-electron chi connectivity index (χ2n) is 5.08. The van der Waals surface area contributed by atoms with Gasteiger partial charge in [0.25, 0.3) is 0 Å². The zero-order valence-corrected chi connectivity index (χ0v) is 12.2. The van der Waals surface area contributed by atoms with Gasteiger partial charge in [-0.15, -0.1) is 0 Å². The summed E-state index contributed by atoms with van der Waals surface area (Å²) in [7, 11) is 0. The summed E-state index contributed by atoms with van der Waals surface area (Å²) < 4.78 is 7.77. The van der Waals surface area contributed by atoms with E-state index in [0.29, 0.717) is 18.7 Å². The van der Waals surface area contributed by atoms with Gasteiger partial charge >= 0.3 is 5.97 Å². The average molecular weight is 357 g/mol. The summed E-state index contributed by atoms with van der Waals surface area (Å²) >= 11 is 2.36. The molecule has 3 atom stereocenters. The predicted molar refractivity (Wildman–Crippen MR) is 77.0 cm³/mol. The van der Waals surface area contributed by atoms with Crippen molar-refractivity contribution in [1.29, 1.82) is 0 Å². The minimum Gasteiger partial charge on any atom is -0.461 e. The number of hydrogen-bond donors (Lipinski definition) is 0. The third-order valence-electron chi connectivity index (χ3n) is 3.98. The quantitative estimate of drug-likeness (QED) is 0.473. The fourth-order valence-electron chi connectivity index (χ4n) is 3.01. The first-order valence-electron chi connectivity index (χ1n) is 6.40. The second-order valence-corrected chi connectivity index (χ2v) is 6.19.